The first-order valence-electron chi connectivity index (χ1n) is 6.57. The molecule has 1 aliphatic rings. The van der Waals surface area contributed by atoms with Gasteiger partial charge in [-0.25, -0.2) is 0 Å². The summed E-state index contributed by atoms with van der Waals surface area (Å²) in [6.45, 7) is 2.98. The minimum atomic E-state index is 0.226. The predicted octanol–water partition coefficient (Wildman–Crippen LogP) is 3.36. The Balaban J connectivity index is 1.96. The van der Waals surface area contributed by atoms with E-state index in [2.05, 4.69) is 17.2 Å². The molecule has 1 aromatic rings. The first-order valence-corrected chi connectivity index (χ1v) is 7.93. The van der Waals surface area contributed by atoms with Gasteiger partial charge in [0, 0.05) is 10.4 Å². The number of thioether (sulfide) groups is 1. The van der Waals surface area contributed by atoms with Gasteiger partial charge in [-0.1, -0.05) is 11.6 Å². The molecule has 2 rings (SSSR count). The van der Waals surface area contributed by atoms with Crippen molar-refractivity contribution in [2.45, 2.75) is 24.5 Å². The second kappa shape index (κ2) is 6.59. The molecule has 0 spiro atoms. The van der Waals surface area contributed by atoms with Gasteiger partial charge in [-0.2, -0.15) is 11.8 Å². The Hall–Kier alpha value is -1.07. The topological polar surface area (TPSA) is 59.6 Å². The molecule has 1 unspecified atom stereocenters. The fourth-order valence-corrected chi connectivity index (χ4v) is 3.63. The summed E-state index contributed by atoms with van der Waals surface area (Å²) in [6.07, 6.45) is 2.46. The lowest BCUT2D eigenvalue weighted by molar-refractivity contribution is 0.415. The number of nitrogens with two attached hydrogens (primary N) is 1. The zero-order valence-corrected chi connectivity index (χ0v) is 13.4. The summed E-state index contributed by atoms with van der Waals surface area (Å²) < 4.78 is 5.34. The van der Waals surface area contributed by atoms with Gasteiger partial charge in [0.05, 0.1) is 18.7 Å². The number of anilines is 1. The van der Waals surface area contributed by atoms with Crippen LogP contribution in [0.15, 0.2) is 23.2 Å². The number of nitrogens with zero attached hydrogens (tertiary/aromatic N) is 1. The van der Waals surface area contributed by atoms with Gasteiger partial charge in [0.2, 0.25) is 0 Å². The maximum Gasteiger partial charge on any atom is 0.193 e. The van der Waals surface area contributed by atoms with Crippen LogP contribution in [0.25, 0.3) is 0 Å². The summed E-state index contributed by atoms with van der Waals surface area (Å²) in [5.41, 5.74) is 6.73. The molecule has 1 aliphatic heterocycles. The Bertz CT molecular complexity index is 501. The molecule has 1 saturated heterocycles. The van der Waals surface area contributed by atoms with Crippen LogP contribution in [0.2, 0.25) is 5.02 Å². The van der Waals surface area contributed by atoms with Crippen molar-refractivity contribution < 1.29 is 4.74 Å². The molecule has 1 atom stereocenters. The van der Waals surface area contributed by atoms with Crippen molar-refractivity contribution in [3.63, 3.8) is 0 Å². The van der Waals surface area contributed by atoms with Crippen LogP contribution >= 0.6 is 23.4 Å². The number of methoxy groups -OCH3 is 1. The Kier molecular flexibility index (Phi) is 5.05. The van der Waals surface area contributed by atoms with E-state index in [1.165, 1.54) is 18.6 Å². The van der Waals surface area contributed by atoms with Crippen LogP contribution in [0.4, 0.5) is 5.69 Å². The molecule has 0 aliphatic carbocycles. The van der Waals surface area contributed by atoms with Crippen LogP contribution in [-0.2, 0) is 0 Å². The highest BCUT2D eigenvalue weighted by atomic mass is 35.5. The largest absolute Gasteiger partial charge is 0.495 e. The molecule has 1 fully saturated rings. The molecule has 0 amide bonds. The van der Waals surface area contributed by atoms with E-state index in [1.807, 2.05) is 17.8 Å². The van der Waals surface area contributed by atoms with Crippen molar-refractivity contribution in [3.8, 4) is 5.75 Å². The van der Waals surface area contributed by atoms with Crippen LogP contribution in [-0.4, -0.2) is 30.1 Å². The number of ether oxygens (including phenoxy) is 1. The summed E-state index contributed by atoms with van der Waals surface area (Å²) in [4.78, 5) is 4.43. The third kappa shape index (κ3) is 3.96. The summed E-state index contributed by atoms with van der Waals surface area (Å²) in [7, 11) is 1.59. The fraction of sp³-hybridized carbons (Fsp3) is 0.500. The molecule has 3 N–H and O–H groups in total. The summed E-state index contributed by atoms with van der Waals surface area (Å²) in [5.74, 6) is 2.27. The van der Waals surface area contributed by atoms with Crippen molar-refractivity contribution in [1.82, 2.24) is 0 Å². The van der Waals surface area contributed by atoms with E-state index >= 15 is 0 Å². The number of hydrogen-bond donors (Lipinski definition) is 2. The SMILES string of the molecule is COc1ccc(NC(N)=NCC2(C)CCCS2)cc1Cl. The number of hydrogen-bond acceptors (Lipinski definition) is 3. The third-order valence-corrected chi connectivity index (χ3v) is 5.13. The van der Waals surface area contributed by atoms with Gasteiger partial charge in [-0.05, 0) is 43.7 Å². The molecule has 0 bridgehead atoms. The monoisotopic (exact) mass is 313 g/mol. The minimum absolute atomic E-state index is 0.226. The zero-order valence-electron chi connectivity index (χ0n) is 11.8. The van der Waals surface area contributed by atoms with Crippen molar-refractivity contribution in [2.75, 3.05) is 24.7 Å². The molecule has 110 valence electrons. The summed E-state index contributed by atoms with van der Waals surface area (Å²) in [5, 5.41) is 3.60. The van der Waals surface area contributed by atoms with Crippen LogP contribution < -0.4 is 15.8 Å². The average Bonchev–Trinajstić information content (AvgIpc) is 2.84. The summed E-state index contributed by atoms with van der Waals surface area (Å²) >= 11 is 8.04. The van der Waals surface area contributed by atoms with Crippen molar-refractivity contribution in [3.05, 3.63) is 23.2 Å². The zero-order chi connectivity index (χ0) is 14.6. The van der Waals surface area contributed by atoms with E-state index in [0.29, 0.717) is 16.7 Å². The lowest BCUT2D eigenvalue weighted by atomic mass is 10.1. The van der Waals surface area contributed by atoms with Gasteiger partial charge < -0.3 is 15.8 Å². The molecule has 0 radical (unpaired) electrons. The number of halogens is 1. The molecule has 20 heavy (non-hydrogen) atoms. The van der Waals surface area contributed by atoms with Gasteiger partial charge in [-0.15, -0.1) is 0 Å². The lowest BCUT2D eigenvalue weighted by Crippen LogP contribution is -2.27. The Morgan fingerprint density at radius 1 is 1.60 bits per heavy atom. The quantitative estimate of drug-likeness (QED) is 0.661. The van der Waals surface area contributed by atoms with E-state index in [1.54, 1.807) is 19.2 Å². The lowest BCUT2D eigenvalue weighted by Gasteiger charge is -2.20. The van der Waals surface area contributed by atoms with Crippen LogP contribution in [0.1, 0.15) is 19.8 Å². The second-order valence-electron chi connectivity index (χ2n) is 5.08. The highest BCUT2D eigenvalue weighted by Crippen LogP contribution is 2.37. The molecule has 0 saturated carbocycles. The van der Waals surface area contributed by atoms with Crippen LogP contribution in [0.5, 0.6) is 5.75 Å². The maximum atomic E-state index is 6.07. The highest BCUT2D eigenvalue weighted by molar-refractivity contribution is 8.00. The first kappa shape index (κ1) is 15.3. The highest BCUT2D eigenvalue weighted by Gasteiger charge is 2.29. The average molecular weight is 314 g/mol. The van der Waals surface area contributed by atoms with E-state index in [0.717, 1.165) is 12.2 Å². The first-order chi connectivity index (χ1) is 9.52. The molecule has 4 nitrogen and oxygen atoms in total. The molecule has 6 heteroatoms. The Morgan fingerprint density at radius 2 is 2.40 bits per heavy atom. The maximum absolute atomic E-state index is 6.07. The van der Waals surface area contributed by atoms with Gasteiger partial charge >= 0.3 is 0 Å². The number of aliphatic imine (C=N–C) groups is 1. The number of guanidine groups is 1. The van der Waals surface area contributed by atoms with Crippen molar-refractivity contribution in [2.24, 2.45) is 10.7 Å². The standard InChI is InChI=1S/C14H20ClN3OS/c1-14(6-3-7-20-14)9-17-13(16)18-10-4-5-12(19-2)11(15)8-10/h4-5,8H,3,6-7,9H2,1-2H3,(H3,16,17,18). The van der Waals surface area contributed by atoms with Gasteiger partial charge in [0.15, 0.2) is 5.96 Å². The minimum Gasteiger partial charge on any atom is -0.495 e. The smallest absolute Gasteiger partial charge is 0.193 e. The molecular formula is C14H20ClN3OS. The molecule has 1 aromatic carbocycles. The molecular weight excluding hydrogens is 294 g/mol. The van der Waals surface area contributed by atoms with Crippen LogP contribution in [0, 0.1) is 0 Å². The summed E-state index contributed by atoms with van der Waals surface area (Å²) in [6, 6.07) is 5.43. The second-order valence-corrected chi connectivity index (χ2v) is 7.17. The molecule has 0 aromatic heterocycles. The van der Waals surface area contributed by atoms with Crippen LogP contribution in [0.3, 0.4) is 0 Å². The number of benzene rings is 1. The predicted molar refractivity (Wildman–Crippen MR) is 88.2 cm³/mol. The third-order valence-electron chi connectivity index (χ3n) is 3.31. The molecule has 1 heterocycles. The van der Waals surface area contributed by atoms with E-state index in [-0.39, 0.29) is 4.75 Å². The van der Waals surface area contributed by atoms with E-state index < -0.39 is 0 Å². The number of nitrogens with one attached hydrogen (secondary N) is 1. The van der Waals surface area contributed by atoms with Gasteiger partial charge in [0.25, 0.3) is 0 Å². The number of rotatable bonds is 4. The van der Waals surface area contributed by atoms with E-state index in [9.17, 15) is 0 Å². The Morgan fingerprint density at radius 3 is 3.00 bits per heavy atom. The van der Waals surface area contributed by atoms with Gasteiger partial charge in [0.1, 0.15) is 5.75 Å². The Labute approximate surface area is 129 Å². The fourth-order valence-electron chi connectivity index (χ4n) is 2.15. The van der Waals surface area contributed by atoms with E-state index in [4.69, 9.17) is 22.1 Å². The van der Waals surface area contributed by atoms with Crippen molar-refractivity contribution >= 4 is 35.0 Å². The van der Waals surface area contributed by atoms with Gasteiger partial charge in [-0.3, -0.25) is 4.99 Å². The normalized spacial score (nSPS) is 22.9. The van der Waals surface area contributed by atoms with Crippen molar-refractivity contribution in [1.29, 1.82) is 0 Å².